The van der Waals surface area contributed by atoms with Gasteiger partial charge in [0.1, 0.15) is 11.1 Å². The van der Waals surface area contributed by atoms with Crippen molar-refractivity contribution in [2.45, 2.75) is 12.2 Å². The number of hydrogen-bond acceptors (Lipinski definition) is 7. The number of thiazole rings is 1. The molecule has 0 spiro atoms. The van der Waals surface area contributed by atoms with E-state index in [0.717, 1.165) is 18.4 Å². The van der Waals surface area contributed by atoms with E-state index in [4.69, 9.17) is 5.11 Å². The largest absolute Gasteiger partial charge is 0.476 e. The van der Waals surface area contributed by atoms with E-state index in [1.165, 1.54) is 5.38 Å². The number of carboxylic acid groups (broad SMARTS) is 1. The summed E-state index contributed by atoms with van der Waals surface area (Å²) in [5.41, 5.74) is -0.254. The highest BCUT2D eigenvalue weighted by Gasteiger charge is 2.29. The van der Waals surface area contributed by atoms with Crippen LogP contribution in [0.2, 0.25) is 0 Å². The number of nitrogens with zero attached hydrogens (tertiary/aromatic N) is 1. The van der Waals surface area contributed by atoms with E-state index in [0.29, 0.717) is 0 Å². The van der Waals surface area contributed by atoms with Crippen LogP contribution in [0.15, 0.2) is 5.38 Å². The number of aromatic nitrogens is 1. The number of aromatic carboxylic acids is 1. The van der Waals surface area contributed by atoms with Gasteiger partial charge in [-0.25, -0.2) is 14.6 Å². The Morgan fingerprint density at radius 3 is 2.56 bits per heavy atom. The second kappa shape index (κ2) is 5.01. The lowest BCUT2D eigenvalue weighted by Gasteiger charge is -2.12. The van der Waals surface area contributed by atoms with Gasteiger partial charge in [-0.05, 0) is 0 Å². The SMILES string of the molecule is COC(=O)C(O)C(O)c1nc(C(=O)O)cs1. The van der Waals surface area contributed by atoms with E-state index in [9.17, 15) is 19.8 Å². The van der Waals surface area contributed by atoms with Crippen molar-refractivity contribution in [3.05, 3.63) is 16.1 Å². The van der Waals surface area contributed by atoms with Crippen molar-refractivity contribution in [3.63, 3.8) is 0 Å². The summed E-state index contributed by atoms with van der Waals surface area (Å²) in [6.07, 6.45) is -3.37. The Balaban J connectivity index is 2.83. The number of esters is 1. The second-order valence-corrected chi connectivity index (χ2v) is 3.68. The van der Waals surface area contributed by atoms with Crippen LogP contribution in [0.3, 0.4) is 0 Å². The summed E-state index contributed by atoms with van der Waals surface area (Å²) in [6, 6.07) is 0. The highest BCUT2D eigenvalue weighted by molar-refractivity contribution is 7.09. The monoisotopic (exact) mass is 247 g/mol. The van der Waals surface area contributed by atoms with Crippen LogP contribution >= 0.6 is 11.3 Å². The molecule has 2 unspecified atom stereocenters. The number of aliphatic hydroxyl groups is 2. The molecule has 2 atom stereocenters. The number of rotatable bonds is 4. The maximum atomic E-state index is 10.9. The van der Waals surface area contributed by atoms with Gasteiger partial charge in [0.05, 0.1) is 7.11 Å². The molecule has 1 aromatic heterocycles. The molecular formula is C8H9NO6S. The van der Waals surface area contributed by atoms with E-state index in [1.807, 2.05) is 0 Å². The quantitative estimate of drug-likeness (QED) is 0.608. The van der Waals surface area contributed by atoms with Crippen molar-refractivity contribution in [1.82, 2.24) is 4.98 Å². The summed E-state index contributed by atoms with van der Waals surface area (Å²) in [4.78, 5) is 24.9. The standard InChI is InChI=1S/C8H9NO6S/c1-15-8(14)5(11)4(10)6-9-3(2-16-6)7(12)13/h2,4-5,10-11H,1H3,(H,12,13). The van der Waals surface area contributed by atoms with Gasteiger partial charge in [-0.15, -0.1) is 11.3 Å². The number of aliphatic hydroxyl groups excluding tert-OH is 2. The predicted molar refractivity (Wildman–Crippen MR) is 52.1 cm³/mol. The zero-order valence-corrected chi connectivity index (χ0v) is 8.97. The fourth-order valence-corrected chi connectivity index (χ4v) is 1.71. The molecule has 0 bridgehead atoms. The highest BCUT2D eigenvalue weighted by atomic mass is 32.1. The summed E-state index contributed by atoms with van der Waals surface area (Å²) in [6.45, 7) is 0. The molecule has 0 fully saturated rings. The average Bonchev–Trinajstić information content (AvgIpc) is 2.75. The molecule has 8 heteroatoms. The lowest BCUT2D eigenvalue weighted by atomic mass is 10.2. The second-order valence-electron chi connectivity index (χ2n) is 2.79. The summed E-state index contributed by atoms with van der Waals surface area (Å²) in [5.74, 6) is -2.26. The van der Waals surface area contributed by atoms with Crippen molar-refractivity contribution in [3.8, 4) is 0 Å². The smallest absolute Gasteiger partial charge is 0.355 e. The van der Waals surface area contributed by atoms with Gasteiger partial charge in [-0.2, -0.15) is 0 Å². The molecule has 88 valence electrons. The summed E-state index contributed by atoms with van der Waals surface area (Å²) in [5, 5.41) is 28.5. The summed E-state index contributed by atoms with van der Waals surface area (Å²) in [7, 11) is 1.06. The minimum Gasteiger partial charge on any atom is -0.476 e. The van der Waals surface area contributed by atoms with Crippen LogP contribution in [0.5, 0.6) is 0 Å². The van der Waals surface area contributed by atoms with Gasteiger partial charge in [0, 0.05) is 5.38 Å². The third-order valence-corrected chi connectivity index (χ3v) is 2.65. The topological polar surface area (TPSA) is 117 Å². The van der Waals surface area contributed by atoms with Crippen LogP contribution in [0, 0.1) is 0 Å². The molecule has 1 heterocycles. The molecule has 3 N–H and O–H groups in total. The van der Waals surface area contributed by atoms with Crippen molar-refractivity contribution in [2.75, 3.05) is 7.11 Å². The van der Waals surface area contributed by atoms with Crippen LogP contribution < -0.4 is 0 Å². The molecule has 0 aromatic carbocycles. The number of ether oxygens (including phenoxy) is 1. The highest BCUT2D eigenvalue weighted by Crippen LogP contribution is 2.21. The lowest BCUT2D eigenvalue weighted by Crippen LogP contribution is -2.29. The normalized spacial score (nSPS) is 14.2. The molecule has 1 aromatic rings. The molecule has 0 aliphatic carbocycles. The molecule has 0 amide bonds. The van der Waals surface area contributed by atoms with E-state index >= 15 is 0 Å². The minimum absolute atomic E-state index is 0.0599. The Morgan fingerprint density at radius 2 is 2.12 bits per heavy atom. The molecule has 16 heavy (non-hydrogen) atoms. The molecule has 0 radical (unpaired) electrons. The van der Waals surface area contributed by atoms with Gasteiger partial charge in [-0.1, -0.05) is 0 Å². The van der Waals surface area contributed by atoms with E-state index in [-0.39, 0.29) is 10.7 Å². The van der Waals surface area contributed by atoms with Crippen LogP contribution in [-0.2, 0) is 9.53 Å². The summed E-state index contributed by atoms with van der Waals surface area (Å²) >= 11 is 0.832. The molecule has 0 saturated heterocycles. The Hall–Kier alpha value is -1.51. The van der Waals surface area contributed by atoms with Crippen LogP contribution in [0.25, 0.3) is 0 Å². The van der Waals surface area contributed by atoms with Crippen molar-refractivity contribution in [2.24, 2.45) is 0 Å². The molecule has 0 aliphatic heterocycles. The van der Waals surface area contributed by atoms with Gasteiger partial charge in [0.2, 0.25) is 0 Å². The fraction of sp³-hybridized carbons (Fsp3) is 0.375. The van der Waals surface area contributed by atoms with E-state index in [2.05, 4.69) is 9.72 Å². The molecule has 7 nitrogen and oxygen atoms in total. The first-order valence-corrected chi connectivity index (χ1v) is 4.98. The average molecular weight is 247 g/mol. The van der Waals surface area contributed by atoms with Gasteiger partial charge < -0.3 is 20.1 Å². The number of methoxy groups -OCH3 is 1. The van der Waals surface area contributed by atoms with Crippen molar-refractivity contribution < 1.29 is 29.6 Å². The van der Waals surface area contributed by atoms with Gasteiger partial charge >= 0.3 is 11.9 Å². The molecule has 0 aliphatic rings. The van der Waals surface area contributed by atoms with Crippen molar-refractivity contribution >= 4 is 23.3 Å². The van der Waals surface area contributed by atoms with E-state index < -0.39 is 24.1 Å². The maximum Gasteiger partial charge on any atom is 0.355 e. The first-order chi connectivity index (χ1) is 7.47. The Morgan fingerprint density at radius 1 is 1.50 bits per heavy atom. The zero-order valence-electron chi connectivity index (χ0n) is 8.15. The Kier molecular flexibility index (Phi) is 3.93. The van der Waals surface area contributed by atoms with Crippen LogP contribution in [0.1, 0.15) is 21.6 Å². The zero-order chi connectivity index (χ0) is 12.3. The third-order valence-electron chi connectivity index (χ3n) is 1.74. The van der Waals surface area contributed by atoms with Gasteiger partial charge in [0.25, 0.3) is 0 Å². The first-order valence-electron chi connectivity index (χ1n) is 4.10. The number of hydrogen-bond donors (Lipinski definition) is 3. The fourth-order valence-electron chi connectivity index (χ4n) is 0.906. The van der Waals surface area contributed by atoms with Crippen molar-refractivity contribution in [1.29, 1.82) is 0 Å². The Labute approximate surface area is 93.9 Å². The van der Waals surface area contributed by atoms with Gasteiger partial charge in [0.15, 0.2) is 11.8 Å². The first kappa shape index (κ1) is 12.6. The molecular weight excluding hydrogens is 238 g/mol. The lowest BCUT2D eigenvalue weighted by molar-refractivity contribution is -0.156. The Bertz CT molecular complexity index is 403. The minimum atomic E-state index is -1.78. The predicted octanol–water partition coefficient (Wildman–Crippen LogP) is -0.591. The number of carbonyl (C=O) groups excluding carboxylic acids is 1. The molecule has 1 rings (SSSR count). The van der Waals surface area contributed by atoms with Gasteiger partial charge in [-0.3, -0.25) is 0 Å². The summed E-state index contributed by atoms with van der Waals surface area (Å²) < 4.78 is 4.22. The number of carboxylic acids is 1. The maximum absolute atomic E-state index is 10.9. The molecule has 0 saturated carbocycles. The van der Waals surface area contributed by atoms with Crippen LogP contribution in [-0.4, -0.2) is 45.5 Å². The van der Waals surface area contributed by atoms with Crippen LogP contribution in [0.4, 0.5) is 0 Å². The third kappa shape index (κ3) is 2.54. The van der Waals surface area contributed by atoms with E-state index in [1.54, 1.807) is 0 Å². The number of carbonyl (C=O) groups is 2.